The van der Waals surface area contributed by atoms with E-state index in [1.165, 1.54) is 0 Å². The second-order valence-corrected chi connectivity index (χ2v) is 8.16. The maximum absolute atomic E-state index is 10.7. The maximum atomic E-state index is 10.7. The standard InChI is InChI=1S/C23H15ClN2O3S/c24-16-9-5-14(6-10-16)21-22(15-7-11-17(12-8-15)29-13-20(27)28)26-18-3-1-2-4-19(18)30-23(26)25-21/h1-12H,13H2,(H,27,28). The van der Waals surface area contributed by atoms with Crippen molar-refractivity contribution in [3.63, 3.8) is 0 Å². The lowest BCUT2D eigenvalue weighted by atomic mass is 10.0. The molecule has 7 heteroatoms. The van der Waals surface area contributed by atoms with Crippen LogP contribution in [0.4, 0.5) is 0 Å². The van der Waals surface area contributed by atoms with Gasteiger partial charge >= 0.3 is 5.97 Å². The molecular formula is C23H15ClN2O3S. The van der Waals surface area contributed by atoms with Crippen molar-refractivity contribution in [1.29, 1.82) is 0 Å². The molecule has 0 fully saturated rings. The van der Waals surface area contributed by atoms with E-state index in [0.29, 0.717) is 10.8 Å². The van der Waals surface area contributed by atoms with Crippen molar-refractivity contribution in [2.75, 3.05) is 6.61 Å². The fourth-order valence-corrected chi connectivity index (χ4v) is 4.60. The Balaban J connectivity index is 1.70. The van der Waals surface area contributed by atoms with Crippen LogP contribution < -0.4 is 4.74 Å². The van der Waals surface area contributed by atoms with Crippen molar-refractivity contribution in [1.82, 2.24) is 9.38 Å². The molecule has 0 atom stereocenters. The number of imidazole rings is 1. The highest BCUT2D eigenvalue weighted by molar-refractivity contribution is 7.23. The van der Waals surface area contributed by atoms with Gasteiger partial charge in [0.15, 0.2) is 11.6 Å². The average molecular weight is 435 g/mol. The molecule has 0 saturated carbocycles. The third-order valence-electron chi connectivity index (χ3n) is 4.76. The molecule has 5 nitrogen and oxygen atoms in total. The number of ether oxygens (including phenoxy) is 1. The van der Waals surface area contributed by atoms with Crippen LogP contribution >= 0.6 is 22.9 Å². The summed E-state index contributed by atoms with van der Waals surface area (Å²) in [4.78, 5) is 16.6. The zero-order chi connectivity index (χ0) is 20.7. The fraction of sp³-hybridized carbons (Fsp3) is 0.0435. The number of aliphatic carboxylic acids is 1. The van der Waals surface area contributed by atoms with Gasteiger partial charge in [0.1, 0.15) is 5.75 Å². The zero-order valence-corrected chi connectivity index (χ0v) is 17.2. The number of rotatable bonds is 5. The van der Waals surface area contributed by atoms with E-state index in [9.17, 15) is 4.79 Å². The molecule has 0 bridgehead atoms. The van der Waals surface area contributed by atoms with Crippen molar-refractivity contribution >= 4 is 44.1 Å². The number of thiazole rings is 1. The van der Waals surface area contributed by atoms with Crippen LogP contribution in [-0.4, -0.2) is 27.1 Å². The van der Waals surface area contributed by atoms with Crippen LogP contribution in [0.25, 0.3) is 37.7 Å². The van der Waals surface area contributed by atoms with E-state index >= 15 is 0 Å². The molecule has 30 heavy (non-hydrogen) atoms. The SMILES string of the molecule is O=C(O)COc1ccc(-c2c(-c3ccc(Cl)cc3)nc3sc4ccccc4n23)cc1. The summed E-state index contributed by atoms with van der Waals surface area (Å²) in [6.07, 6.45) is 0. The number of nitrogens with zero attached hydrogens (tertiary/aromatic N) is 2. The van der Waals surface area contributed by atoms with Gasteiger partial charge in [-0.3, -0.25) is 4.40 Å². The van der Waals surface area contributed by atoms with Gasteiger partial charge in [-0.1, -0.05) is 47.2 Å². The first-order chi connectivity index (χ1) is 14.6. The van der Waals surface area contributed by atoms with Crippen LogP contribution in [0.15, 0.2) is 72.8 Å². The molecule has 1 N–H and O–H groups in total. The van der Waals surface area contributed by atoms with Crippen molar-refractivity contribution in [3.8, 4) is 28.3 Å². The number of aromatic nitrogens is 2. The average Bonchev–Trinajstić information content (AvgIpc) is 3.29. The van der Waals surface area contributed by atoms with Gasteiger partial charge < -0.3 is 9.84 Å². The topological polar surface area (TPSA) is 63.8 Å². The summed E-state index contributed by atoms with van der Waals surface area (Å²) in [5, 5.41) is 9.48. The molecular weight excluding hydrogens is 420 g/mol. The van der Waals surface area contributed by atoms with Gasteiger partial charge in [0, 0.05) is 16.1 Å². The van der Waals surface area contributed by atoms with E-state index in [2.05, 4.69) is 16.5 Å². The molecule has 0 aliphatic heterocycles. The summed E-state index contributed by atoms with van der Waals surface area (Å²) < 4.78 is 8.60. The summed E-state index contributed by atoms with van der Waals surface area (Å²) in [5.41, 5.74) is 4.85. The summed E-state index contributed by atoms with van der Waals surface area (Å²) >= 11 is 7.72. The van der Waals surface area contributed by atoms with Gasteiger partial charge in [-0.05, 0) is 48.5 Å². The van der Waals surface area contributed by atoms with Gasteiger partial charge in [0.2, 0.25) is 0 Å². The van der Waals surface area contributed by atoms with Crippen molar-refractivity contribution < 1.29 is 14.6 Å². The first-order valence-electron chi connectivity index (χ1n) is 9.21. The lowest BCUT2D eigenvalue weighted by Crippen LogP contribution is -2.09. The lowest BCUT2D eigenvalue weighted by Gasteiger charge is -2.08. The van der Waals surface area contributed by atoms with Crippen molar-refractivity contribution in [2.24, 2.45) is 0 Å². The van der Waals surface area contributed by atoms with Crippen LogP contribution in [0.5, 0.6) is 5.75 Å². The van der Waals surface area contributed by atoms with Crippen LogP contribution in [0.3, 0.4) is 0 Å². The molecule has 0 aliphatic carbocycles. The predicted octanol–water partition coefficient (Wildman–Crippen LogP) is 6.00. The van der Waals surface area contributed by atoms with Crippen LogP contribution in [0.1, 0.15) is 0 Å². The van der Waals surface area contributed by atoms with Gasteiger partial charge in [-0.25, -0.2) is 9.78 Å². The molecule has 0 radical (unpaired) electrons. The Labute approximate surface area is 180 Å². The molecule has 5 rings (SSSR count). The van der Waals surface area contributed by atoms with Gasteiger partial charge in [0.25, 0.3) is 0 Å². The largest absolute Gasteiger partial charge is 0.482 e. The third kappa shape index (κ3) is 3.30. The Morgan fingerprint density at radius 2 is 1.70 bits per heavy atom. The molecule has 2 heterocycles. The normalized spacial score (nSPS) is 11.2. The number of carbonyl (C=O) groups is 1. The molecule has 5 aromatic rings. The molecule has 148 valence electrons. The second-order valence-electron chi connectivity index (χ2n) is 6.71. The minimum Gasteiger partial charge on any atom is -0.482 e. The molecule has 0 aliphatic rings. The molecule has 0 unspecified atom stereocenters. The number of para-hydroxylation sites is 1. The lowest BCUT2D eigenvalue weighted by molar-refractivity contribution is -0.139. The fourth-order valence-electron chi connectivity index (χ4n) is 3.45. The maximum Gasteiger partial charge on any atom is 0.341 e. The first-order valence-corrected chi connectivity index (χ1v) is 10.4. The van der Waals surface area contributed by atoms with E-state index in [1.54, 1.807) is 23.5 Å². The number of carboxylic acids is 1. The van der Waals surface area contributed by atoms with E-state index in [0.717, 1.165) is 37.7 Å². The first kappa shape index (κ1) is 18.7. The van der Waals surface area contributed by atoms with E-state index in [4.69, 9.17) is 26.4 Å². The molecule has 0 spiro atoms. The Hall–Kier alpha value is -3.35. The number of halogens is 1. The number of carboxylic acid groups (broad SMARTS) is 1. The van der Waals surface area contributed by atoms with Gasteiger partial charge in [-0.2, -0.15) is 0 Å². The highest BCUT2D eigenvalue weighted by Gasteiger charge is 2.19. The third-order valence-corrected chi connectivity index (χ3v) is 6.04. The monoisotopic (exact) mass is 434 g/mol. The molecule has 0 amide bonds. The molecule has 3 aromatic carbocycles. The number of hydrogen-bond donors (Lipinski definition) is 1. The van der Waals surface area contributed by atoms with E-state index in [-0.39, 0.29) is 6.61 Å². The van der Waals surface area contributed by atoms with Crippen LogP contribution in [0.2, 0.25) is 5.02 Å². The minimum atomic E-state index is -1.01. The van der Waals surface area contributed by atoms with Gasteiger partial charge in [-0.15, -0.1) is 0 Å². The molecule has 2 aromatic heterocycles. The Bertz CT molecular complexity index is 1370. The van der Waals surface area contributed by atoms with E-state index < -0.39 is 5.97 Å². The van der Waals surface area contributed by atoms with Gasteiger partial charge in [0.05, 0.1) is 21.6 Å². The van der Waals surface area contributed by atoms with Crippen molar-refractivity contribution in [2.45, 2.75) is 0 Å². The smallest absolute Gasteiger partial charge is 0.341 e. The second kappa shape index (κ2) is 7.48. The highest BCUT2D eigenvalue weighted by atomic mass is 35.5. The van der Waals surface area contributed by atoms with E-state index in [1.807, 2.05) is 48.5 Å². The predicted molar refractivity (Wildman–Crippen MR) is 120 cm³/mol. The minimum absolute atomic E-state index is 0.374. The number of benzene rings is 3. The highest BCUT2D eigenvalue weighted by Crippen LogP contribution is 2.39. The van der Waals surface area contributed by atoms with Crippen LogP contribution in [0, 0.1) is 0 Å². The summed E-state index contributed by atoms with van der Waals surface area (Å²) in [6.45, 7) is -0.374. The zero-order valence-electron chi connectivity index (χ0n) is 15.6. The Kier molecular flexibility index (Phi) is 4.65. The summed E-state index contributed by atoms with van der Waals surface area (Å²) in [7, 11) is 0. The quantitative estimate of drug-likeness (QED) is 0.368. The van der Waals surface area contributed by atoms with Crippen molar-refractivity contribution in [3.05, 3.63) is 77.8 Å². The summed E-state index contributed by atoms with van der Waals surface area (Å²) in [6, 6.07) is 23.2. The summed E-state index contributed by atoms with van der Waals surface area (Å²) in [5.74, 6) is -0.503. The molecule has 0 saturated heterocycles. The number of fused-ring (bicyclic) bond motifs is 3. The Morgan fingerprint density at radius 1 is 1.00 bits per heavy atom. The number of hydrogen-bond acceptors (Lipinski definition) is 4. The Morgan fingerprint density at radius 3 is 2.43 bits per heavy atom. The van der Waals surface area contributed by atoms with Crippen LogP contribution in [-0.2, 0) is 4.79 Å².